The highest BCUT2D eigenvalue weighted by atomic mass is 16.6. The van der Waals surface area contributed by atoms with Gasteiger partial charge >= 0.3 is 0 Å². The van der Waals surface area contributed by atoms with Gasteiger partial charge in [0.2, 0.25) is 6.04 Å². The van der Waals surface area contributed by atoms with E-state index in [9.17, 15) is 10.1 Å². The van der Waals surface area contributed by atoms with E-state index in [1.165, 1.54) is 24.4 Å². The molecule has 0 radical (unpaired) electrons. The van der Waals surface area contributed by atoms with Crippen LogP contribution in [0.15, 0.2) is 6.20 Å². The number of nitrogens with zero attached hydrogens (tertiary/aromatic N) is 3. The van der Waals surface area contributed by atoms with Crippen LogP contribution in [0, 0.1) is 16.0 Å². The molecule has 2 heterocycles. The summed E-state index contributed by atoms with van der Waals surface area (Å²) in [5, 5.41) is 14.5. The van der Waals surface area contributed by atoms with Gasteiger partial charge in [0, 0.05) is 61.1 Å². The van der Waals surface area contributed by atoms with Crippen LogP contribution in [-0.2, 0) is 7.05 Å². The lowest BCUT2D eigenvalue weighted by Crippen LogP contribution is -2.36. The van der Waals surface area contributed by atoms with Crippen LogP contribution in [0.5, 0.6) is 0 Å². The maximum absolute atomic E-state index is 10.9. The normalized spacial score (nSPS) is 31.6. The number of nitrogens with one attached hydrogen (secondary N) is 1. The molecule has 6 nitrogen and oxygen atoms in total. The zero-order valence-corrected chi connectivity index (χ0v) is 15.8. The number of nitro groups is 1. The Bertz CT molecular complexity index is 584. The second-order valence-electron chi connectivity index (χ2n) is 8.28. The first-order valence-electron chi connectivity index (χ1n) is 9.84. The molecule has 1 N–H and O–H groups in total. The number of hydrogen-bond donors (Lipinski definition) is 1. The van der Waals surface area contributed by atoms with Crippen molar-refractivity contribution < 1.29 is 4.92 Å². The van der Waals surface area contributed by atoms with E-state index in [1.807, 2.05) is 0 Å². The van der Waals surface area contributed by atoms with Crippen molar-refractivity contribution in [3.05, 3.63) is 27.8 Å². The van der Waals surface area contributed by atoms with Crippen LogP contribution in [0.2, 0.25) is 0 Å². The molecule has 1 aliphatic carbocycles. The first-order chi connectivity index (χ1) is 12.0. The van der Waals surface area contributed by atoms with Gasteiger partial charge in [-0.3, -0.25) is 10.1 Å². The topological polar surface area (TPSA) is 73.0 Å². The Morgan fingerprint density at radius 3 is 2.64 bits per heavy atom. The predicted octanol–water partition coefficient (Wildman–Crippen LogP) is 3.60. The van der Waals surface area contributed by atoms with Crippen molar-refractivity contribution in [2.24, 2.45) is 13.0 Å². The van der Waals surface area contributed by atoms with Crippen molar-refractivity contribution >= 4 is 0 Å². The van der Waals surface area contributed by atoms with E-state index in [0.29, 0.717) is 23.8 Å². The average molecular weight is 348 g/mol. The molecule has 2 aliphatic rings. The van der Waals surface area contributed by atoms with Crippen LogP contribution in [0.3, 0.4) is 0 Å². The largest absolute Gasteiger partial charge is 0.335 e. The molecule has 1 aromatic heterocycles. The van der Waals surface area contributed by atoms with Gasteiger partial charge < -0.3 is 9.88 Å². The highest BCUT2D eigenvalue weighted by Crippen LogP contribution is 2.34. The maximum Gasteiger partial charge on any atom is 0.213 e. The van der Waals surface area contributed by atoms with Gasteiger partial charge in [0.25, 0.3) is 0 Å². The fraction of sp³-hybridized carbons (Fsp3) is 0.842. The maximum atomic E-state index is 10.9. The van der Waals surface area contributed by atoms with Crippen molar-refractivity contribution in [2.45, 2.75) is 82.7 Å². The molecule has 3 rings (SSSR count). The van der Waals surface area contributed by atoms with Gasteiger partial charge in [-0.2, -0.15) is 0 Å². The van der Waals surface area contributed by atoms with Crippen molar-refractivity contribution in [2.75, 3.05) is 6.54 Å². The molecule has 3 atom stereocenters. The monoisotopic (exact) mass is 348 g/mol. The number of hydrogen-bond acceptors (Lipinski definition) is 4. The molecule has 0 aromatic carbocycles. The van der Waals surface area contributed by atoms with Crippen molar-refractivity contribution in [3.8, 4) is 0 Å². The van der Waals surface area contributed by atoms with E-state index in [0.717, 1.165) is 38.6 Å². The Balaban J connectivity index is 1.58. The third kappa shape index (κ3) is 4.22. The molecule has 1 saturated heterocycles. The third-order valence-electron chi connectivity index (χ3n) is 6.38. The summed E-state index contributed by atoms with van der Waals surface area (Å²) in [6, 6.07) is 0.310. The van der Waals surface area contributed by atoms with Crippen molar-refractivity contribution in [1.82, 2.24) is 14.9 Å². The van der Waals surface area contributed by atoms with Gasteiger partial charge in [-0.15, -0.1) is 0 Å². The molecule has 0 bridgehead atoms. The predicted molar refractivity (Wildman–Crippen MR) is 98.4 cm³/mol. The Labute approximate surface area is 150 Å². The lowest BCUT2D eigenvalue weighted by Gasteiger charge is -2.28. The van der Waals surface area contributed by atoms with E-state index in [4.69, 9.17) is 4.98 Å². The van der Waals surface area contributed by atoms with E-state index in [2.05, 4.69) is 37.0 Å². The van der Waals surface area contributed by atoms with Crippen LogP contribution >= 0.6 is 0 Å². The van der Waals surface area contributed by atoms with Gasteiger partial charge in [0.15, 0.2) is 0 Å². The second kappa shape index (κ2) is 7.85. The molecular weight excluding hydrogens is 316 g/mol. The van der Waals surface area contributed by atoms with Gasteiger partial charge in [0.1, 0.15) is 5.82 Å². The zero-order chi connectivity index (χ0) is 18.0. The van der Waals surface area contributed by atoms with Crippen LogP contribution < -0.4 is 5.32 Å². The highest BCUT2D eigenvalue weighted by molar-refractivity contribution is 5.14. The summed E-state index contributed by atoms with van der Waals surface area (Å²) in [6.07, 6.45) is 9.05. The number of imidazole rings is 1. The summed E-state index contributed by atoms with van der Waals surface area (Å²) < 4.78 is 2.30. The van der Waals surface area contributed by atoms with E-state index < -0.39 is 0 Å². The van der Waals surface area contributed by atoms with Gasteiger partial charge in [-0.1, -0.05) is 6.92 Å². The summed E-state index contributed by atoms with van der Waals surface area (Å²) in [4.78, 5) is 15.6. The van der Waals surface area contributed by atoms with Crippen molar-refractivity contribution in [1.29, 1.82) is 0 Å². The minimum Gasteiger partial charge on any atom is -0.335 e. The molecule has 6 heteroatoms. The fourth-order valence-electron chi connectivity index (χ4n) is 4.72. The fourth-order valence-corrected chi connectivity index (χ4v) is 4.72. The molecule has 1 aliphatic heterocycles. The van der Waals surface area contributed by atoms with E-state index in [1.54, 1.807) is 0 Å². The second-order valence-corrected chi connectivity index (χ2v) is 8.28. The summed E-state index contributed by atoms with van der Waals surface area (Å²) >= 11 is 0. The smallest absolute Gasteiger partial charge is 0.213 e. The molecule has 2 fully saturated rings. The van der Waals surface area contributed by atoms with E-state index in [-0.39, 0.29) is 11.0 Å². The van der Waals surface area contributed by atoms with Gasteiger partial charge in [-0.25, -0.2) is 4.98 Å². The number of rotatable bonds is 5. The van der Waals surface area contributed by atoms with Crippen molar-refractivity contribution in [3.63, 3.8) is 0 Å². The minimum absolute atomic E-state index is 0.0935. The lowest BCUT2D eigenvalue weighted by atomic mass is 9.81. The SMILES string of the molecule is CC1CCC(c2cnc([C@@H](C)CC3CCC([N+](=O)[O-])CC3)n2C)CN1. The summed E-state index contributed by atoms with van der Waals surface area (Å²) in [7, 11) is 2.15. The molecule has 0 spiro atoms. The minimum atomic E-state index is -0.312. The number of aromatic nitrogens is 2. The zero-order valence-electron chi connectivity index (χ0n) is 15.8. The van der Waals surface area contributed by atoms with Crippen LogP contribution in [0.25, 0.3) is 0 Å². The molecule has 140 valence electrons. The van der Waals surface area contributed by atoms with Crippen LogP contribution in [0.4, 0.5) is 0 Å². The average Bonchev–Trinajstić information content (AvgIpc) is 2.98. The third-order valence-corrected chi connectivity index (χ3v) is 6.38. The molecule has 0 amide bonds. The van der Waals surface area contributed by atoms with Gasteiger partial charge in [-0.05, 0) is 44.9 Å². The Hall–Kier alpha value is -1.43. The van der Waals surface area contributed by atoms with E-state index >= 15 is 0 Å². The molecule has 2 unspecified atom stereocenters. The Morgan fingerprint density at radius 2 is 2.04 bits per heavy atom. The van der Waals surface area contributed by atoms with Crippen LogP contribution in [-0.4, -0.2) is 33.1 Å². The molecule has 1 aromatic rings. The highest BCUT2D eigenvalue weighted by Gasteiger charge is 2.30. The lowest BCUT2D eigenvalue weighted by molar-refractivity contribution is -0.527. The number of piperidine rings is 1. The quantitative estimate of drug-likeness (QED) is 0.652. The molecule has 25 heavy (non-hydrogen) atoms. The summed E-state index contributed by atoms with van der Waals surface area (Å²) in [5.41, 5.74) is 1.35. The standard InChI is InChI=1S/C19H32N4O2/c1-13(10-15-5-8-17(9-6-15)23(24)25)19-21-12-18(22(19)3)16-7-4-14(2)20-11-16/h12-17,20H,4-11H2,1-3H3/t13-,14?,15?,16?,17?/m0/s1. The molecule has 1 saturated carbocycles. The van der Waals surface area contributed by atoms with Crippen LogP contribution in [0.1, 0.15) is 82.1 Å². The Morgan fingerprint density at radius 1 is 1.32 bits per heavy atom. The summed E-state index contributed by atoms with van der Waals surface area (Å²) in [5.74, 6) is 2.74. The Kier molecular flexibility index (Phi) is 5.77. The first kappa shape index (κ1) is 18.4. The molecular formula is C19H32N4O2. The summed E-state index contributed by atoms with van der Waals surface area (Å²) in [6.45, 7) is 5.55. The first-order valence-corrected chi connectivity index (χ1v) is 9.84. The van der Waals surface area contributed by atoms with Gasteiger partial charge in [0.05, 0.1) is 0 Å².